The van der Waals surface area contributed by atoms with Crippen molar-refractivity contribution in [2.75, 3.05) is 38.2 Å². The molecular formula is C24H32Cl2N2O2. The van der Waals surface area contributed by atoms with Gasteiger partial charge in [-0.15, -0.1) is 24.8 Å². The molecule has 2 aliphatic heterocycles. The fourth-order valence-corrected chi connectivity index (χ4v) is 5.45. The molecule has 5 rings (SSSR count). The smallest absolute Gasteiger partial charge is 0.142 e. The topological polar surface area (TPSA) is 24.9 Å². The van der Waals surface area contributed by atoms with Crippen LogP contribution in [0.5, 0.6) is 5.75 Å². The first-order chi connectivity index (χ1) is 13.8. The molecule has 6 heteroatoms. The quantitative estimate of drug-likeness (QED) is 0.654. The Labute approximate surface area is 192 Å². The summed E-state index contributed by atoms with van der Waals surface area (Å²) < 4.78 is 11.9. The van der Waals surface area contributed by atoms with E-state index in [9.17, 15) is 0 Å². The first-order valence-electron chi connectivity index (χ1n) is 10.6. The van der Waals surface area contributed by atoms with Crippen LogP contribution in [0, 0.1) is 0 Å². The monoisotopic (exact) mass is 450 g/mol. The third-order valence-corrected chi connectivity index (χ3v) is 7.03. The van der Waals surface area contributed by atoms with Gasteiger partial charge in [0.25, 0.3) is 0 Å². The van der Waals surface area contributed by atoms with Gasteiger partial charge in [0, 0.05) is 32.2 Å². The first-order valence-corrected chi connectivity index (χ1v) is 10.6. The second-order valence-corrected chi connectivity index (χ2v) is 8.37. The summed E-state index contributed by atoms with van der Waals surface area (Å²) in [5.41, 5.74) is 4.07. The third kappa shape index (κ3) is 4.16. The largest absolute Gasteiger partial charge is 0.495 e. The van der Waals surface area contributed by atoms with Gasteiger partial charge in [-0.1, -0.05) is 36.4 Å². The van der Waals surface area contributed by atoms with Crippen molar-refractivity contribution < 1.29 is 9.47 Å². The zero-order valence-corrected chi connectivity index (χ0v) is 19.2. The number of ether oxygens (including phenoxy) is 2. The van der Waals surface area contributed by atoms with Crippen LogP contribution >= 0.6 is 24.8 Å². The summed E-state index contributed by atoms with van der Waals surface area (Å²) in [6.45, 7) is 5.20. The van der Waals surface area contributed by atoms with Crippen molar-refractivity contribution in [3.63, 3.8) is 0 Å². The van der Waals surface area contributed by atoms with Crippen molar-refractivity contribution in [1.82, 2.24) is 4.90 Å². The molecule has 3 aliphatic rings. The molecule has 30 heavy (non-hydrogen) atoms. The maximum atomic E-state index is 6.35. The van der Waals surface area contributed by atoms with Gasteiger partial charge in [0.15, 0.2) is 0 Å². The van der Waals surface area contributed by atoms with Crippen LogP contribution in [0.2, 0.25) is 0 Å². The molecule has 2 fully saturated rings. The predicted molar refractivity (Wildman–Crippen MR) is 126 cm³/mol. The molecule has 1 spiro atoms. The van der Waals surface area contributed by atoms with E-state index in [1.807, 2.05) is 6.07 Å². The molecule has 0 radical (unpaired) electrons. The van der Waals surface area contributed by atoms with E-state index in [-0.39, 0.29) is 30.4 Å². The summed E-state index contributed by atoms with van der Waals surface area (Å²) >= 11 is 0. The molecule has 0 atom stereocenters. The molecule has 0 aromatic heterocycles. The lowest BCUT2D eigenvalue weighted by atomic mass is 9.77. The van der Waals surface area contributed by atoms with E-state index in [0.29, 0.717) is 6.04 Å². The van der Waals surface area contributed by atoms with Crippen LogP contribution in [0.25, 0.3) is 0 Å². The second kappa shape index (κ2) is 9.78. The number of piperazine rings is 1. The van der Waals surface area contributed by atoms with Crippen LogP contribution in [0.4, 0.5) is 5.69 Å². The molecule has 0 bridgehead atoms. The summed E-state index contributed by atoms with van der Waals surface area (Å²) in [5, 5.41) is 0. The lowest BCUT2D eigenvalue weighted by Crippen LogP contribution is -2.52. The molecule has 0 unspecified atom stereocenters. The molecule has 164 valence electrons. The normalized spacial score (nSPS) is 25.9. The minimum absolute atomic E-state index is 0. The molecule has 4 nitrogen and oxygen atoms in total. The Morgan fingerprint density at radius 3 is 2.30 bits per heavy atom. The van der Waals surface area contributed by atoms with Crippen LogP contribution in [0.3, 0.4) is 0 Å². The van der Waals surface area contributed by atoms with Crippen LogP contribution in [-0.4, -0.2) is 44.2 Å². The Bertz CT molecular complexity index is 831. The van der Waals surface area contributed by atoms with Crippen LogP contribution in [0.15, 0.2) is 48.5 Å². The van der Waals surface area contributed by atoms with Gasteiger partial charge in [-0.2, -0.15) is 0 Å². The van der Waals surface area contributed by atoms with Gasteiger partial charge < -0.3 is 14.4 Å². The second-order valence-electron chi connectivity index (χ2n) is 8.37. The number of hydrogen-bond acceptors (Lipinski definition) is 4. The third-order valence-electron chi connectivity index (χ3n) is 7.03. The summed E-state index contributed by atoms with van der Waals surface area (Å²) in [6, 6.07) is 17.9. The van der Waals surface area contributed by atoms with Crippen molar-refractivity contribution >= 4 is 30.5 Å². The minimum Gasteiger partial charge on any atom is -0.495 e. The summed E-state index contributed by atoms with van der Waals surface area (Å²) in [5.74, 6) is 0.979. The average molecular weight is 451 g/mol. The molecule has 0 N–H and O–H groups in total. The minimum atomic E-state index is -0.00762. The zero-order valence-electron chi connectivity index (χ0n) is 17.6. The number of benzene rings is 2. The Morgan fingerprint density at radius 2 is 1.57 bits per heavy atom. The highest BCUT2D eigenvalue weighted by atomic mass is 35.5. The van der Waals surface area contributed by atoms with E-state index in [4.69, 9.17) is 9.47 Å². The van der Waals surface area contributed by atoms with Gasteiger partial charge in [0.1, 0.15) is 5.75 Å². The summed E-state index contributed by atoms with van der Waals surface area (Å²) in [6.07, 6.45) is 4.79. The standard InChI is InChI=1S/C24H30N2O2.2ClH/c1-27-23-9-5-4-8-22(23)26-16-14-25(15-17-26)20-10-12-24(13-11-20)21-7-3-2-6-19(21)18-28-24;;/h2-9,20H,10-18H2,1H3;2*1H. The number of fused-ring (bicyclic) bond motifs is 2. The van der Waals surface area contributed by atoms with E-state index < -0.39 is 0 Å². The summed E-state index contributed by atoms with van der Waals surface area (Å²) in [7, 11) is 1.76. The van der Waals surface area contributed by atoms with Gasteiger partial charge in [-0.3, -0.25) is 4.90 Å². The molecule has 1 saturated carbocycles. The van der Waals surface area contributed by atoms with Crippen molar-refractivity contribution in [2.45, 2.75) is 43.9 Å². The van der Waals surface area contributed by atoms with E-state index >= 15 is 0 Å². The molecule has 1 aliphatic carbocycles. The van der Waals surface area contributed by atoms with Crippen molar-refractivity contribution in [3.05, 3.63) is 59.7 Å². The number of rotatable bonds is 3. The van der Waals surface area contributed by atoms with Crippen LogP contribution in [0.1, 0.15) is 36.8 Å². The van der Waals surface area contributed by atoms with Crippen LogP contribution < -0.4 is 9.64 Å². The fourth-order valence-electron chi connectivity index (χ4n) is 5.45. The van der Waals surface area contributed by atoms with Crippen molar-refractivity contribution in [3.8, 4) is 5.75 Å². The average Bonchev–Trinajstić information content (AvgIpc) is 3.13. The molecule has 2 aromatic rings. The molecule has 2 aromatic carbocycles. The molecular weight excluding hydrogens is 419 g/mol. The van der Waals surface area contributed by atoms with Crippen molar-refractivity contribution in [2.24, 2.45) is 0 Å². The van der Waals surface area contributed by atoms with Gasteiger partial charge >= 0.3 is 0 Å². The van der Waals surface area contributed by atoms with Crippen molar-refractivity contribution in [1.29, 1.82) is 0 Å². The summed E-state index contributed by atoms with van der Waals surface area (Å²) in [4.78, 5) is 5.18. The number of nitrogens with zero attached hydrogens (tertiary/aromatic N) is 2. The van der Waals surface area contributed by atoms with E-state index in [1.54, 1.807) is 7.11 Å². The van der Waals surface area contributed by atoms with Crippen LogP contribution in [-0.2, 0) is 16.9 Å². The number of hydrogen-bond donors (Lipinski definition) is 0. The highest BCUT2D eigenvalue weighted by molar-refractivity contribution is 5.85. The lowest BCUT2D eigenvalue weighted by Gasteiger charge is -2.45. The zero-order chi connectivity index (χ0) is 19.0. The number of para-hydroxylation sites is 2. The Hall–Kier alpha value is -1.46. The predicted octanol–water partition coefficient (Wildman–Crippen LogP) is 5.03. The Kier molecular flexibility index (Phi) is 7.56. The highest BCUT2D eigenvalue weighted by Gasteiger charge is 2.43. The van der Waals surface area contributed by atoms with E-state index in [1.165, 1.54) is 29.7 Å². The number of anilines is 1. The number of halogens is 2. The van der Waals surface area contributed by atoms with Gasteiger partial charge in [-0.05, 0) is 48.9 Å². The van der Waals surface area contributed by atoms with Gasteiger partial charge in [0.2, 0.25) is 0 Å². The van der Waals surface area contributed by atoms with Gasteiger partial charge in [0.05, 0.1) is 25.0 Å². The fraction of sp³-hybridized carbons (Fsp3) is 0.500. The maximum absolute atomic E-state index is 6.35. The molecule has 0 amide bonds. The van der Waals surface area contributed by atoms with E-state index in [2.05, 4.69) is 52.3 Å². The highest BCUT2D eigenvalue weighted by Crippen LogP contribution is 2.47. The Balaban J connectivity index is 0.00000128. The molecule has 1 saturated heterocycles. The Morgan fingerprint density at radius 1 is 0.900 bits per heavy atom. The SMILES string of the molecule is COc1ccccc1N1CCN(C2CCC3(CC2)OCc2ccccc23)CC1.Cl.Cl. The van der Waals surface area contributed by atoms with E-state index in [0.717, 1.165) is 51.4 Å². The molecule has 2 heterocycles. The number of methoxy groups -OCH3 is 1. The van der Waals surface area contributed by atoms with Gasteiger partial charge in [-0.25, -0.2) is 0 Å². The first kappa shape index (κ1) is 23.2. The maximum Gasteiger partial charge on any atom is 0.142 e. The lowest BCUT2D eigenvalue weighted by molar-refractivity contribution is -0.0777.